The maximum atomic E-state index is 11.9. The van der Waals surface area contributed by atoms with Crippen LogP contribution in [0.5, 0.6) is 0 Å². The Kier molecular flexibility index (Phi) is 3.96. The van der Waals surface area contributed by atoms with Gasteiger partial charge in [0.25, 0.3) is 0 Å². The first-order chi connectivity index (χ1) is 6.69. The third-order valence-electron chi connectivity index (χ3n) is 2.02. The Bertz CT molecular complexity index is 304. The predicted octanol–water partition coefficient (Wildman–Crippen LogP) is 1.20. The number of hydrogen-bond donors (Lipinski definition) is 0. The van der Waals surface area contributed by atoms with Crippen molar-refractivity contribution < 1.29 is 19.1 Å². The lowest BCUT2D eigenvalue weighted by Gasteiger charge is -2.29. The van der Waals surface area contributed by atoms with Gasteiger partial charge in [-0.1, -0.05) is 6.58 Å². The molecule has 0 rings (SSSR count). The van der Waals surface area contributed by atoms with Crippen molar-refractivity contribution in [3.63, 3.8) is 0 Å². The minimum Gasteiger partial charge on any atom is -0.447 e. The van der Waals surface area contributed by atoms with Gasteiger partial charge in [-0.05, 0) is 26.8 Å². The average molecular weight is 211 g/mol. The van der Waals surface area contributed by atoms with Crippen molar-refractivity contribution in [1.29, 1.82) is 0 Å². The Morgan fingerprint density at radius 1 is 1.33 bits per heavy atom. The zero-order valence-electron chi connectivity index (χ0n) is 9.42. The van der Waals surface area contributed by atoms with Crippen molar-refractivity contribution in [3.8, 4) is 0 Å². The van der Waals surface area contributed by atoms with Crippen LogP contribution in [0.3, 0.4) is 0 Å². The molecule has 0 spiro atoms. The molecule has 0 aliphatic rings. The van der Waals surface area contributed by atoms with Crippen molar-refractivity contribution in [2.24, 2.45) is 5.41 Å². The number of esters is 1. The van der Waals surface area contributed by atoms with Gasteiger partial charge in [-0.3, -0.25) is 14.4 Å². The second kappa shape index (κ2) is 4.38. The van der Waals surface area contributed by atoms with Crippen LogP contribution in [0, 0.1) is 5.41 Å². The summed E-state index contributed by atoms with van der Waals surface area (Å²) in [7, 11) is 0. The molecule has 0 aromatic heterocycles. The molecule has 1 radical (unpaired) electrons. The molecule has 83 valence electrons. The molecule has 0 aliphatic heterocycles. The third kappa shape index (κ3) is 3.01. The summed E-state index contributed by atoms with van der Waals surface area (Å²) in [5.74, 6) is -1.15. The molecular weight excluding hydrogens is 196 g/mol. The lowest BCUT2D eigenvalue weighted by Crippen LogP contribution is -2.46. The van der Waals surface area contributed by atoms with Crippen molar-refractivity contribution in [2.75, 3.05) is 0 Å². The topological polar surface area (TPSA) is 60.4 Å². The highest BCUT2D eigenvalue weighted by molar-refractivity contribution is 6.04. The fraction of sp³-hybridized carbons (Fsp3) is 0.545. The summed E-state index contributed by atoms with van der Waals surface area (Å²) in [5, 5.41) is 0. The summed E-state index contributed by atoms with van der Waals surface area (Å²) >= 11 is 0. The molecule has 0 N–H and O–H groups in total. The Hall–Kier alpha value is -1.45. The van der Waals surface area contributed by atoms with Crippen LogP contribution in [0.2, 0.25) is 0 Å². The van der Waals surface area contributed by atoms with Crippen LogP contribution in [0.1, 0.15) is 27.7 Å². The van der Waals surface area contributed by atoms with E-state index in [1.807, 2.05) is 0 Å². The maximum Gasteiger partial charge on any atom is 0.303 e. The molecule has 15 heavy (non-hydrogen) atoms. The van der Waals surface area contributed by atoms with Gasteiger partial charge < -0.3 is 4.74 Å². The molecule has 1 unspecified atom stereocenters. The van der Waals surface area contributed by atoms with Gasteiger partial charge >= 0.3 is 5.97 Å². The van der Waals surface area contributed by atoms with Crippen molar-refractivity contribution in [1.82, 2.24) is 0 Å². The van der Waals surface area contributed by atoms with E-state index in [0.717, 1.165) is 0 Å². The molecule has 1 atom stereocenters. The zero-order chi connectivity index (χ0) is 12.3. The van der Waals surface area contributed by atoms with E-state index in [1.54, 1.807) is 6.29 Å². The number of hydrogen-bond acceptors (Lipinski definition) is 4. The molecule has 0 bridgehead atoms. The molecule has 0 saturated heterocycles. The first-order valence-corrected chi connectivity index (χ1v) is 4.47. The highest BCUT2D eigenvalue weighted by Crippen LogP contribution is 2.25. The van der Waals surface area contributed by atoms with E-state index in [4.69, 9.17) is 4.74 Å². The van der Waals surface area contributed by atoms with Gasteiger partial charge in [-0.15, -0.1) is 0 Å². The second-order valence-electron chi connectivity index (χ2n) is 3.96. The summed E-state index contributed by atoms with van der Waals surface area (Å²) in [4.78, 5) is 33.3. The van der Waals surface area contributed by atoms with Crippen molar-refractivity contribution >= 4 is 18.0 Å². The van der Waals surface area contributed by atoms with E-state index in [0.29, 0.717) is 0 Å². The third-order valence-corrected chi connectivity index (χ3v) is 2.02. The Labute approximate surface area is 89.3 Å². The first kappa shape index (κ1) is 13.5. The standard InChI is InChI=1S/C11H15O4/c1-6-11(5,15-8(2)13)9(14)10(3,4)7-12/h6H,1H2,2-5H3. The van der Waals surface area contributed by atoms with Gasteiger partial charge in [0.1, 0.15) is 0 Å². The van der Waals surface area contributed by atoms with E-state index in [2.05, 4.69) is 6.58 Å². The SMILES string of the molecule is C=CC(C)(OC(C)=O)C(=O)C(C)(C)[C]=O. The van der Waals surface area contributed by atoms with Gasteiger partial charge in [0.05, 0.1) is 5.41 Å². The largest absolute Gasteiger partial charge is 0.447 e. The van der Waals surface area contributed by atoms with E-state index >= 15 is 0 Å². The summed E-state index contributed by atoms with van der Waals surface area (Å²) in [5.41, 5.74) is -2.80. The second-order valence-corrected chi connectivity index (χ2v) is 3.96. The molecule has 0 aliphatic carbocycles. The molecule has 0 saturated carbocycles. The summed E-state index contributed by atoms with van der Waals surface area (Å²) in [6, 6.07) is 0. The van der Waals surface area contributed by atoms with Crippen LogP contribution in [0.4, 0.5) is 0 Å². The first-order valence-electron chi connectivity index (χ1n) is 4.47. The predicted molar refractivity (Wildman–Crippen MR) is 54.8 cm³/mol. The zero-order valence-corrected chi connectivity index (χ0v) is 9.42. The highest BCUT2D eigenvalue weighted by Gasteiger charge is 2.43. The Morgan fingerprint density at radius 2 is 1.80 bits per heavy atom. The molecule has 0 heterocycles. The number of rotatable bonds is 5. The summed E-state index contributed by atoms with van der Waals surface area (Å²) < 4.78 is 4.85. The van der Waals surface area contributed by atoms with Crippen LogP contribution >= 0.6 is 0 Å². The van der Waals surface area contributed by atoms with E-state index in [9.17, 15) is 14.4 Å². The molecule has 4 nitrogen and oxygen atoms in total. The lowest BCUT2D eigenvalue weighted by molar-refractivity contribution is -0.161. The minimum absolute atomic E-state index is 0.546. The lowest BCUT2D eigenvalue weighted by atomic mass is 9.80. The van der Waals surface area contributed by atoms with Crippen LogP contribution in [0.15, 0.2) is 12.7 Å². The van der Waals surface area contributed by atoms with E-state index < -0.39 is 22.8 Å². The molecule has 0 amide bonds. The number of Topliss-reactive ketones (excluding diaryl/α,β-unsaturated/α-hetero) is 1. The van der Waals surface area contributed by atoms with Gasteiger partial charge in [0.2, 0.25) is 6.29 Å². The molecule has 4 heteroatoms. The maximum absolute atomic E-state index is 11.9. The number of carbonyl (C=O) groups excluding carboxylic acids is 3. The van der Waals surface area contributed by atoms with Crippen molar-refractivity contribution in [3.05, 3.63) is 12.7 Å². The number of ether oxygens (including phenoxy) is 1. The fourth-order valence-electron chi connectivity index (χ4n) is 1.15. The molecule has 0 aromatic rings. The molecular formula is C11H15O4. The van der Waals surface area contributed by atoms with E-state index in [-0.39, 0.29) is 0 Å². The normalized spacial score (nSPS) is 14.9. The summed E-state index contributed by atoms with van der Waals surface area (Å²) in [6.45, 7) is 8.83. The Morgan fingerprint density at radius 3 is 2.07 bits per heavy atom. The average Bonchev–Trinajstić information content (AvgIpc) is 2.15. The smallest absolute Gasteiger partial charge is 0.303 e. The quantitative estimate of drug-likeness (QED) is 0.389. The van der Waals surface area contributed by atoms with Crippen molar-refractivity contribution in [2.45, 2.75) is 33.3 Å². The number of carbonyl (C=O) groups is 2. The monoisotopic (exact) mass is 211 g/mol. The van der Waals surface area contributed by atoms with Crippen LogP contribution in [-0.2, 0) is 19.1 Å². The highest BCUT2D eigenvalue weighted by atomic mass is 16.6. The van der Waals surface area contributed by atoms with Crippen LogP contribution < -0.4 is 0 Å². The van der Waals surface area contributed by atoms with Crippen LogP contribution in [-0.4, -0.2) is 23.6 Å². The Balaban J connectivity index is 5.13. The van der Waals surface area contributed by atoms with Crippen LogP contribution in [0.25, 0.3) is 0 Å². The van der Waals surface area contributed by atoms with E-state index in [1.165, 1.54) is 33.8 Å². The molecule has 0 aromatic carbocycles. The van der Waals surface area contributed by atoms with Gasteiger partial charge in [-0.2, -0.15) is 0 Å². The number of ketones is 1. The minimum atomic E-state index is -1.48. The summed E-state index contributed by atoms with van der Waals surface area (Å²) in [6.07, 6.45) is 2.82. The van der Waals surface area contributed by atoms with Gasteiger partial charge in [-0.25, -0.2) is 0 Å². The fourth-order valence-corrected chi connectivity index (χ4v) is 1.15. The molecule has 0 fully saturated rings. The van der Waals surface area contributed by atoms with Gasteiger partial charge in [0, 0.05) is 6.92 Å². The van der Waals surface area contributed by atoms with Gasteiger partial charge in [0.15, 0.2) is 11.4 Å².